The Hall–Kier alpha value is -4.34. The van der Waals surface area contributed by atoms with Gasteiger partial charge in [0.25, 0.3) is 0 Å². The second-order valence-corrected chi connectivity index (χ2v) is 6.47. The third-order valence-corrected chi connectivity index (χ3v) is 4.65. The van der Waals surface area contributed by atoms with Crippen LogP contribution in [0.5, 0.6) is 11.5 Å². The lowest BCUT2D eigenvalue weighted by Crippen LogP contribution is -1.91. The zero-order valence-corrected chi connectivity index (χ0v) is 15.5. The lowest BCUT2D eigenvalue weighted by atomic mass is 10.00. The third-order valence-electron chi connectivity index (χ3n) is 4.65. The van der Waals surface area contributed by atoms with Crippen LogP contribution in [-0.4, -0.2) is 0 Å². The molecule has 0 spiro atoms. The molecule has 0 aromatic heterocycles. The van der Waals surface area contributed by atoms with Gasteiger partial charge < -0.3 is 4.74 Å². The molecule has 0 radical (unpaired) electrons. The molecule has 0 aliphatic rings. The Bertz CT molecular complexity index is 1230. The first-order valence-corrected chi connectivity index (χ1v) is 9.15. The molecular weight excluding hydrogens is 356 g/mol. The molecule has 0 heterocycles. The summed E-state index contributed by atoms with van der Waals surface area (Å²) in [6.45, 7) is 0. The van der Waals surface area contributed by atoms with Crippen molar-refractivity contribution in [2.24, 2.45) is 0 Å². The van der Waals surface area contributed by atoms with E-state index in [9.17, 15) is 5.26 Å². The molecule has 0 saturated heterocycles. The van der Waals surface area contributed by atoms with Crippen molar-refractivity contribution in [3.8, 4) is 45.9 Å². The van der Waals surface area contributed by atoms with Crippen LogP contribution in [0, 0.1) is 22.7 Å². The molecule has 4 aromatic carbocycles. The molecule has 0 aliphatic carbocycles. The van der Waals surface area contributed by atoms with Crippen LogP contribution >= 0.6 is 0 Å². The van der Waals surface area contributed by atoms with E-state index < -0.39 is 0 Å². The molecular formula is C26H16N2O. The molecule has 29 heavy (non-hydrogen) atoms. The summed E-state index contributed by atoms with van der Waals surface area (Å²) in [5.41, 5.74) is 4.95. The SMILES string of the molecule is N#Cc1ccc(Oc2ccccc2-c2ccc(-c3ccccc3)cc2)cc1C#N. The van der Waals surface area contributed by atoms with Crippen LogP contribution in [0.3, 0.4) is 0 Å². The minimum absolute atomic E-state index is 0.301. The Morgan fingerprint density at radius 2 is 1.17 bits per heavy atom. The van der Waals surface area contributed by atoms with Crippen LogP contribution in [-0.2, 0) is 0 Å². The van der Waals surface area contributed by atoms with Crippen molar-refractivity contribution in [2.75, 3.05) is 0 Å². The van der Waals surface area contributed by atoms with Crippen molar-refractivity contribution < 1.29 is 4.74 Å². The van der Waals surface area contributed by atoms with Crippen molar-refractivity contribution in [3.63, 3.8) is 0 Å². The first-order valence-electron chi connectivity index (χ1n) is 9.15. The highest BCUT2D eigenvalue weighted by atomic mass is 16.5. The van der Waals surface area contributed by atoms with E-state index in [1.165, 1.54) is 5.56 Å². The van der Waals surface area contributed by atoms with Gasteiger partial charge in [-0.2, -0.15) is 10.5 Å². The molecule has 0 saturated carbocycles. The van der Waals surface area contributed by atoms with E-state index in [0.717, 1.165) is 16.7 Å². The molecule has 0 unspecified atom stereocenters. The number of hydrogen-bond donors (Lipinski definition) is 0. The molecule has 3 nitrogen and oxygen atoms in total. The number of nitrogens with zero attached hydrogens (tertiary/aromatic N) is 2. The number of nitriles is 2. The highest BCUT2D eigenvalue weighted by molar-refractivity contribution is 5.74. The fourth-order valence-electron chi connectivity index (χ4n) is 3.17. The van der Waals surface area contributed by atoms with Crippen LogP contribution in [0.1, 0.15) is 11.1 Å². The van der Waals surface area contributed by atoms with E-state index in [-0.39, 0.29) is 0 Å². The molecule has 3 heteroatoms. The van der Waals surface area contributed by atoms with Gasteiger partial charge in [-0.05, 0) is 41.0 Å². The molecule has 136 valence electrons. The van der Waals surface area contributed by atoms with Crippen LogP contribution in [0.2, 0.25) is 0 Å². The van der Waals surface area contributed by atoms with Gasteiger partial charge in [-0.3, -0.25) is 0 Å². The van der Waals surface area contributed by atoms with Gasteiger partial charge in [-0.25, -0.2) is 0 Å². The van der Waals surface area contributed by atoms with E-state index in [0.29, 0.717) is 22.6 Å². The first kappa shape index (κ1) is 18.0. The maximum Gasteiger partial charge on any atom is 0.135 e. The zero-order chi connectivity index (χ0) is 20.1. The highest BCUT2D eigenvalue weighted by Crippen LogP contribution is 2.34. The van der Waals surface area contributed by atoms with E-state index in [1.54, 1.807) is 18.2 Å². The summed E-state index contributed by atoms with van der Waals surface area (Å²) in [5, 5.41) is 18.3. The maximum absolute atomic E-state index is 9.24. The van der Waals surface area contributed by atoms with Gasteiger partial charge in [0.15, 0.2) is 0 Å². The fraction of sp³-hybridized carbons (Fsp3) is 0. The van der Waals surface area contributed by atoms with Crippen molar-refractivity contribution in [3.05, 3.63) is 108 Å². The second-order valence-electron chi connectivity index (χ2n) is 6.47. The highest BCUT2D eigenvalue weighted by Gasteiger charge is 2.09. The van der Waals surface area contributed by atoms with Crippen LogP contribution in [0.4, 0.5) is 0 Å². The van der Waals surface area contributed by atoms with E-state index in [2.05, 4.69) is 36.4 Å². The molecule has 4 rings (SSSR count). The Labute approximate surface area is 169 Å². The average molecular weight is 372 g/mol. The first-order chi connectivity index (χ1) is 14.3. The lowest BCUT2D eigenvalue weighted by Gasteiger charge is -2.12. The quantitative estimate of drug-likeness (QED) is 0.408. The summed E-state index contributed by atoms with van der Waals surface area (Å²) >= 11 is 0. The monoisotopic (exact) mass is 372 g/mol. The van der Waals surface area contributed by atoms with Gasteiger partial charge in [0.05, 0.1) is 11.1 Å². The van der Waals surface area contributed by atoms with Crippen LogP contribution in [0.25, 0.3) is 22.3 Å². The Morgan fingerprint density at radius 1 is 0.552 bits per heavy atom. The molecule has 0 aliphatic heterocycles. The van der Waals surface area contributed by atoms with Crippen molar-refractivity contribution in [1.82, 2.24) is 0 Å². The predicted molar refractivity (Wildman–Crippen MR) is 113 cm³/mol. The summed E-state index contributed by atoms with van der Waals surface area (Å²) in [4.78, 5) is 0. The van der Waals surface area contributed by atoms with E-state index in [1.807, 2.05) is 54.6 Å². The summed E-state index contributed by atoms with van der Waals surface area (Å²) in [6, 6.07) is 35.3. The second kappa shape index (κ2) is 8.13. The minimum atomic E-state index is 0.301. The van der Waals surface area contributed by atoms with Gasteiger partial charge in [-0.1, -0.05) is 72.8 Å². The predicted octanol–water partition coefficient (Wildman–Crippen LogP) is 6.56. The Morgan fingerprint density at radius 3 is 1.90 bits per heavy atom. The normalized spacial score (nSPS) is 10.0. The Balaban J connectivity index is 1.66. The van der Waals surface area contributed by atoms with Crippen molar-refractivity contribution in [1.29, 1.82) is 10.5 Å². The molecule has 0 bridgehead atoms. The smallest absolute Gasteiger partial charge is 0.135 e. The van der Waals surface area contributed by atoms with Crippen molar-refractivity contribution in [2.45, 2.75) is 0 Å². The largest absolute Gasteiger partial charge is 0.457 e. The summed E-state index contributed by atoms with van der Waals surface area (Å²) in [5.74, 6) is 1.21. The molecule has 4 aromatic rings. The number of ether oxygens (including phenoxy) is 1. The zero-order valence-electron chi connectivity index (χ0n) is 15.5. The van der Waals surface area contributed by atoms with Gasteiger partial charge in [0, 0.05) is 5.56 Å². The summed E-state index contributed by atoms with van der Waals surface area (Å²) < 4.78 is 6.06. The number of rotatable bonds is 4. The number of hydrogen-bond acceptors (Lipinski definition) is 3. The van der Waals surface area contributed by atoms with Gasteiger partial charge >= 0.3 is 0 Å². The minimum Gasteiger partial charge on any atom is -0.457 e. The van der Waals surface area contributed by atoms with Crippen LogP contribution in [0.15, 0.2) is 97.1 Å². The maximum atomic E-state index is 9.24. The van der Waals surface area contributed by atoms with Gasteiger partial charge in [-0.15, -0.1) is 0 Å². The molecule has 0 amide bonds. The Kier molecular flexibility index (Phi) is 5.06. The standard InChI is InChI=1S/C26H16N2O/c27-17-22-14-15-24(16-23(22)18-28)29-26-9-5-4-8-25(26)21-12-10-20(11-13-21)19-6-2-1-3-7-19/h1-16H. The number of benzene rings is 4. The van der Waals surface area contributed by atoms with Crippen molar-refractivity contribution >= 4 is 0 Å². The average Bonchev–Trinajstić information content (AvgIpc) is 2.80. The fourth-order valence-corrected chi connectivity index (χ4v) is 3.17. The summed E-state index contributed by atoms with van der Waals surface area (Å²) in [6.07, 6.45) is 0. The van der Waals surface area contributed by atoms with Gasteiger partial charge in [0.2, 0.25) is 0 Å². The lowest BCUT2D eigenvalue weighted by molar-refractivity contribution is 0.484. The molecule has 0 atom stereocenters. The van der Waals surface area contributed by atoms with Gasteiger partial charge in [0.1, 0.15) is 23.6 Å². The van der Waals surface area contributed by atoms with E-state index in [4.69, 9.17) is 10.00 Å². The molecule has 0 N–H and O–H groups in total. The molecule has 0 fully saturated rings. The van der Waals surface area contributed by atoms with E-state index >= 15 is 0 Å². The third kappa shape index (κ3) is 3.86. The van der Waals surface area contributed by atoms with Crippen LogP contribution < -0.4 is 4.74 Å². The number of para-hydroxylation sites is 1. The topological polar surface area (TPSA) is 56.8 Å². The summed E-state index contributed by atoms with van der Waals surface area (Å²) in [7, 11) is 0.